The first kappa shape index (κ1) is 22.6. The number of rotatable bonds is 6. The molecular weight excluding hydrogens is 447 g/mol. The molecule has 4 rings (SSSR count). The van der Waals surface area contributed by atoms with Gasteiger partial charge >= 0.3 is 0 Å². The van der Waals surface area contributed by atoms with Crippen molar-refractivity contribution in [2.75, 3.05) is 0 Å². The zero-order chi connectivity index (χ0) is 23.4. The second kappa shape index (κ2) is 9.93. The van der Waals surface area contributed by atoms with Gasteiger partial charge in [0.05, 0.1) is 0 Å². The van der Waals surface area contributed by atoms with Gasteiger partial charge in [-0.2, -0.15) is 0 Å². The molecule has 0 radical (unpaired) electrons. The Morgan fingerprint density at radius 1 is 0.606 bits per heavy atom. The molecule has 0 unspecified atom stereocenters. The molecule has 33 heavy (non-hydrogen) atoms. The average Bonchev–Trinajstić information content (AvgIpc) is 2.87. The van der Waals surface area contributed by atoms with Gasteiger partial charge in [0.25, 0.3) is 0 Å². The highest BCUT2D eigenvalue weighted by atomic mass is 31.1. The van der Waals surface area contributed by atoms with E-state index in [1.54, 1.807) is 91.0 Å². The summed E-state index contributed by atoms with van der Waals surface area (Å²) in [7, 11) is -1.80. The second-order valence-corrected chi connectivity index (χ2v) is 9.24. The molecule has 0 aliphatic carbocycles. The van der Waals surface area contributed by atoms with Crippen LogP contribution in [0.5, 0.6) is 0 Å². The topological polar surface area (TPSA) is 17.1 Å². The molecule has 0 aromatic heterocycles. The molecule has 0 heterocycles. The predicted octanol–water partition coefficient (Wildman–Crippen LogP) is 5.90. The molecule has 1 nitrogen and oxygen atoms in total. The normalized spacial score (nSPS) is 11.3. The van der Waals surface area contributed by atoms with Crippen LogP contribution in [-0.4, -0.2) is 5.78 Å². The molecule has 0 saturated carbocycles. The van der Waals surface area contributed by atoms with Crippen LogP contribution in [0.2, 0.25) is 0 Å². The van der Waals surface area contributed by atoms with Gasteiger partial charge in [-0.05, 0) is 30.7 Å². The Morgan fingerprint density at radius 3 is 1.58 bits per heavy atom. The van der Waals surface area contributed by atoms with Crippen LogP contribution in [0.15, 0.2) is 97.1 Å². The maximum Gasteiger partial charge on any atom is 0.198 e. The smallest absolute Gasteiger partial charge is 0.198 e. The van der Waals surface area contributed by atoms with Crippen LogP contribution in [0.3, 0.4) is 0 Å². The first-order chi connectivity index (χ1) is 16.0. The van der Waals surface area contributed by atoms with Crippen molar-refractivity contribution in [3.63, 3.8) is 0 Å². The lowest BCUT2D eigenvalue weighted by atomic mass is 10.1. The van der Waals surface area contributed by atoms with Gasteiger partial charge in [0.1, 0.15) is 0 Å². The fourth-order valence-electron chi connectivity index (χ4n) is 3.43. The Morgan fingerprint density at radius 2 is 1.06 bits per heavy atom. The summed E-state index contributed by atoms with van der Waals surface area (Å²) in [5.41, 5.74) is -0.165. The summed E-state index contributed by atoms with van der Waals surface area (Å²) in [6.07, 6.45) is 2.06. The van der Waals surface area contributed by atoms with Crippen molar-refractivity contribution >= 4 is 35.7 Å². The molecule has 0 atom stereocenters. The third-order valence-corrected chi connectivity index (χ3v) is 7.50. The number of hydrogen-bond acceptors (Lipinski definition) is 1. The highest BCUT2D eigenvalue weighted by Gasteiger charge is 2.30. The number of halogens is 4. The van der Waals surface area contributed by atoms with Crippen molar-refractivity contribution in [3.05, 3.63) is 131 Å². The van der Waals surface area contributed by atoms with E-state index < -0.39 is 42.5 Å². The van der Waals surface area contributed by atoms with E-state index >= 15 is 8.78 Å². The van der Waals surface area contributed by atoms with Gasteiger partial charge in [0.15, 0.2) is 29.1 Å². The van der Waals surface area contributed by atoms with Crippen LogP contribution < -0.4 is 15.9 Å². The van der Waals surface area contributed by atoms with Crippen molar-refractivity contribution in [2.24, 2.45) is 0 Å². The number of hydrogen-bond donors (Lipinski definition) is 0. The predicted molar refractivity (Wildman–Crippen MR) is 125 cm³/mol. The maximum atomic E-state index is 15.3. The first-order valence-electron chi connectivity index (χ1n) is 10.0. The largest absolute Gasteiger partial charge is 0.289 e. The molecule has 6 heteroatoms. The zero-order valence-electron chi connectivity index (χ0n) is 17.2. The zero-order valence-corrected chi connectivity index (χ0v) is 18.1. The van der Waals surface area contributed by atoms with Gasteiger partial charge in [0.2, 0.25) is 0 Å². The van der Waals surface area contributed by atoms with Crippen LogP contribution in [0.25, 0.3) is 6.08 Å². The summed E-state index contributed by atoms with van der Waals surface area (Å²) < 4.78 is 59.0. The molecular formula is C27H17F4OP. The number of carbonyl (C=O) groups is 1. The number of benzene rings is 4. The molecule has 0 aliphatic rings. The molecule has 4 aromatic carbocycles. The van der Waals surface area contributed by atoms with E-state index in [9.17, 15) is 13.6 Å². The fourth-order valence-corrected chi connectivity index (χ4v) is 5.89. The third kappa shape index (κ3) is 4.64. The minimum atomic E-state index is -1.92. The van der Waals surface area contributed by atoms with Crippen LogP contribution in [0, 0.1) is 23.3 Å². The SMILES string of the molecule is O=C(/C=C/c1c(F)c(F)c(F)c(F)c1P(c1ccccc1)c1ccccc1)c1ccccc1. The first-order valence-corrected chi connectivity index (χ1v) is 11.4. The van der Waals surface area contributed by atoms with Gasteiger partial charge in [0, 0.05) is 16.4 Å². The minimum absolute atomic E-state index is 0.323. The van der Waals surface area contributed by atoms with Crippen molar-refractivity contribution in [3.8, 4) is 0 Å². The Bertz CT molecular complexity index is 1270. The van der Waals surface area contributed by atoms with E-state index in [1.165, 1.54) is 0 Å². The number of carbonyl (C=O) groups excluding carboxylic acids is 1. The van der Waals surface area contributed by atoms with Crippen molar-refractivity contribution in [1.29, 1.82) is 0 Å². The van der Waals surface area contributed by atoms with Gasteiger partial charge in [-0.1, -0.05) is 91.0 Å². The maximum absolute atomic E-state index is 15.3. The Kier molecular flexibility index (Phi) is 6.81. The molecule has 0 amide bonds. The lowest BCUT2D eigenvalue weighted by molar-refractivity contribution is 0.104. The monoisotopic (exact) mass is 464 g/mol. The van der Waals surface area contributed by atoms with Crippen LogP contribution in [0.1, 0.15) is 15.9 Å². The molecule has 0 spiro atoms. The molecule has 0 N–H and O–H groups in total. The summed E-state index contributed by atoms with van der Waals surface area (Å²) >= 11 is 0. The van der Waals surface area contributed by atoms with E-state index in [2.05, 4.69) is 0 Å². The molecule has 0 fully saturated rings. The lowest BCUT2D eigenvalue weighted by Crippen LogP contribution is -2.27. The second-order valence-electron chi connectivity index (χ2n) is 7.09. The molecule has 4 aromatic rings. The molecule has 0 bridgehead atoms. The van der Waals surface area contributed by atoms with E-state index in [1.807, 2.05) is 0 Å². The van der Waals surface area contributed by atoms with E-state index in [0.717, 1.165) is 12.2 Å². The van der Waals surface area contributed by atoms with Crippen molar-refractivity contribution in [2.45, 2.75) is 0 Å². The fraction of sp³-hybridized carbons (Fsp3) is 0. The van der Waals surface area contributed by atoms with Crippen LogP contribution in [0.4, 0.5) is 17.6 Å². The Balaban J connectivity index is 1.94. The highest BCUT2D eigenvalue weighted by Crippen LogP contribution is 2.37. The van der Waals surface area contributed by atoms with Crippen LogP contribution in [-0.2, 0) is 0 Å². The van der Waals surface area contributed by atoms with Gasteiger partial charge in [-0.15, -0.1) is 0 Å². The number of ketones is 1. The van der Waals surface area contributed by atoms with E-state index in [0.29, 0.717) is 16.2 Å². The summed E-state index contributed by atoms with van der Waals surface area (Å²) in [6.45, 7) is 0. The van der Waals surface area contributed by atoms with Gasteiger partial charge < -0.3 is 0 Å². The standard InChI is InChI=1S/C27H17F4OP/c28-23-21(16-17-22(32)18-10-4-1-5-11-18)27(26(31)25(30)24(23)29)33(19-12-6-2-7-13-19)20-14-8-3-9-15-20/h1-17H/b17-16+. The van der Waals surface area contributed by atoms with Crippen LogP contribution >= 0.6 is 7.92 Å². The highest BCUT2D eigenvalue weighted by molar-refractivity contribution is 7.80. The minimum Gasteiger partial charge on any atom is -0.289 e. The lowest BCUT2D eigenvalue weighted by Gasteiger charge is -2.22. The quantitative estimate of drug-likeness (QED) is 0.0868. The average molecular weight is 464 g/mol. The Labute approximate surface area is 189 Å². The molecule has 0 saturated heterocycles. The molecule has 164 valence electrons. The van der Waals surface area contributed by atoms with Gasteiger partial charge in [-0.3, -0.25) is 4.79 Å². The Hall–Kier alpha value is -3.56. The van der Waals surface area contributed by atoms with Crippen molar-refractivity contribution < 1.29 is 22.4 Å². The summed E-state index contributed by atoms with van der Waals surface area (Å²) in [4.78, 5) is 12.5. The van der Waals surface area contributed by atoms with E-state index in [4.69, 9.17) is 0 Å². The number of allylic oxidation sites excluding steroid dienone is 1. The summed E-state index contributed by atoms with van der Waals surface area (Å²) in [5.74, 6) is -7.29. The summed E-state index contributed by atoms with van der Waals surface area (Å²) in [5, 5.41) is 0.912. The third-order valence-electron chi connectivity index (χ3n) is 4.99. The molecule has 0 aliphatic heterocycles. The van der Waals surface area contributed by atoms with Crippen molar-refractivity contribution in [1.82, 2.24) is 0 Å². The van der Waals surface area contributed by atoms with E-state index in [-0.39, 0.29) is 5.30 Å². The van der Waals surface area contributed by atoms with Gasteiger partial charge in [-0.25, -0.2) is 17.6 Å². The summed E-state index contributed by atoms with van der Waals surface area (Å²) in [6, 6.07) is 25.5.